The summed E-state index contributed by atoms with van der Waals surface area (Å²) in [5.41, 5.74) is 0. The number of carboxylic acid groups (broad SMARTS) is 2. The van der Waals surface area contributed by atoms with Crippen molar-refractivity contribution in [2.75, 3.05) is 72.5 Å². The molecule has 0 saturated heterocycles. The van der Waals surface area contributed by atoms with Gasteiger partial charge >= 0.3 is 11.9 Å². The molecule has 0 spiro atoms. The van der Waals surface area contributed by atoms with E-state index in [0.717, 1.165) is 51.4 Å². The van der Waals surface area contributed by atoms with E-state index in [2.05, 4.69) is 33.2 Å². The van der Waals surface area contributed by atoms with Gasteiger partial charge in [-0.05, 0) is 51.6 Å². The molecule has 0 rings (SSSR count). The SMILES string of the molecule is C=CN[C@H](CCCCNC(=O)COCCOCCNC(=O)COCCOCCNC(=O)CC[C@H](NC(=O)CCCCCCCCCCCCCCCCC(=O)O)C(=O)O)C(C)=O. The summed E-state index contributed by atoms with van der Waals surface area (Å²) in [4.78, 5) is 82.0. The summed E-state index contributed by atoms with van der Waals surface area (Å²) >= 11 is 0. The number of nitrogens with one attached hydrogen (secondary N) is 5. The maximum atomic E-state index is 12.3. The zero-order valence-electron chi connectivity index (χ0n) is 37.5. The van der Waals surface area contributed by atoms with Crippen molar-refractivity contribution in [1.82, 2.24) is 26.6 Å². The Kier molecular flexibility index (Phi) is 39.4. The summed E-state index contributed by atoms with van der Waals surface area (Å²) < 4.78 is 21.4. The standard InChI is InChI=1S/C44H79N5O13/c1-3-45-37(36(2)50)20-18-19-25-46-41(53)34-61-32-31-60-29-27-48-42(54)35-62-33-30-59-28-26-47-39(51)24-23-38(44(57)58)49-40(52)21-16-14-12-10-8-6-4-5-7-9-11-13-15-17-22-43(55)56/h3,37-38,45H,1,4-35H2,2H3,(H,46,53)(H,47,51)(H,48,54)(H,49,52)(H,55,56)(H,57,58)/t37-,38+/m1/s1. The lowest BCUT2D eigenvalue weighted by Crippen LogP contribution is -2.41. The molecule has 0 saturated carbocycles. The number of Topliss-reactive ketones (excluding diaryl/α,β-unsaturated/α-hetero) is 1. The van der Waals surface area contributed by atoms with Crippen molar-refractivity contribution in [1.29, 1.82) is 0 Å². The molecule has 18 nitrogen and oxygen atoms in total. The Hall–Kier alpha value is -4.13. The fourth-order valence-corrected chi connectivity index (χ4v) is 6.22. The van der Waals surface area contributed by atoms with Crippen LogP contribution in [-0.2, 0) is 52.5 Å². The molecule has 0 aliphatic heterocycles. The van der Waals surface area contributed by atoms with Crippen LogP contribution in [0.3, 0.4) is 0 Å². The highest BCUT2D eigenvalue weighted by Gasteiger charge is 2.21. The van der Waals surface area contributed by atoms with Crippen molar-refractivity contribution in [3.8, 4) is 0 Å². The number of carbonyl (C=O) groups is 7. The number of ether oxygens (including phenoxy) is 4. The van der Waals surface area contributed by atoms with Crippen molar-refractivity contribution >= 4 is 41.4 Å². The Bertz CT molecular complexity index is 1240. The first-order chi connectivity index (χ1) is 30.0. The highest BCUT2D eigenvalue weighted by molar-refractivity contribution is 5.84. The van der Waals surface area contributed by atoms with Crippen LogP contribution in [0.1, 0.15) is 142 Å². The van der Waals surface area contributed by atoms with Gasteiger partial charge in [0.05, 0.1) is 45.7 Å². The van der Waals surface area contributed by atoms with Gasteiger partial charge in [-0.25, -0.2) is 4.79 Å². The summed E-state index contributed by atoms with van der Waals surface area (Å²) in [5, 5.41) is 31.7. The minimum atomic E-state index is -1.18. The molecule has 4 amide bonds. The van der Waals surface area contributed by atoms with Crippen LogP contribution in [-0.4, -0.2) is 136 Å². The number of amides is 4. The maximum Gasteiger partial charge on any atom is 0.326 e. The zero-order chi connectivity index (χ0) is 45.9. The van der Waals surface area contributed by atoms with Crippen LogP contribution in [0.2, 0.25) is 0 Å². The van der Waals surface area contributed by atoms with Crippen LogP contribution in [0.5, 0.6) is 0 Å². The first-order valence-electron chi connectivity index (χ1n) is 22.7. The topological polar surface area (TPSA) is 257 Å². The molecule has 0 unspecified atom stereocenters. The maximum absolute atomic E-state index is 12.3. The summed E-state index contributed by atoms with van der Waals surface area (Å²) in [6, 6.07) is -1.40. The molecule has 62 heavy (non-hydrogen) atoms. The fourth-order valence-electron chi connectivity index (χ4n) is 6.22. The monoisotopic (exact) mass is 886 g/mol. The lowest BCUT2D eigenvalue weighted by molar-refractivity contribution is -0.142. The predicted octanol–water partition coefficient (Wildman–Crippen LogP) is 3.94. The third-order valence-corrected chi connectivity index (χ3v) is 9.74. The molecule has 0 aromatic rings. The molecular weight excluding hydrogens is 807 g/mol. The number of aliphatic carboxylic acids is 2. The van der Waals surface area contributed by atoms with Crippen LogP contribution in [0.15, 0.2) is 12.8 Å². The van der Waals surface area contributed by atoms with Crippen molar-refractivity contribution in [2.45, 2.75) is 154 Å². The van der Waals surface area contributed by atoms with E-state index in [4.69, 9.17) is 24.1 Å². The molecule has 0 aromatic carbocycles. The van der Waals surface area contributed by atoms with E-state index in [1.165, 1.54) is 58.1 Å². The van der Waals surface area contributed by atoms with E-state index in [1.807, 2.05) is 0 Å². The van der Waals surface area contributed by atoms with E-state index >= 15 is 0 Å². The van der Waals surface area contributed by atoms with Gasteiger partial charge in [0.1, 0.15) is 19.3 Å². The molecule has 0 radical (unpaired) electrons. The Morgan fingerprint density at radius 1 is 0.484 bits per heavy atom. The van der Waals surface area contributed by atoms with Crippen LogP contribution >= 0.6 is 0 Å². The quantitative estimate of drug-likeness (QED) is 0.0428. The van der Waals surface area contributed by atoms with Gasteiger partial charge in [0.25, 0.3) is 0 Å². The third-order valence-electron chi connectivity index (χ3n) is 9.74. The molecule has 0 aromatic heterocycles. The number of carbonyl (C=O) groups excluding carboxylic acids is 5. The van der Waals surface area contributed by atoms with E-state index in [0.29, 0.717) is 19.4 Å². The summed E-state index contributed by atoms with van der Waals surface area (Å²) in [6.07, 6.45) is 19.2. The van der Waals surface area contributed by atoms with Crippen LogP contribution < -0.4 is 26.6 Å². The lowest BCUT2D eigenvalue weighted by Gasteiger charge is -2.14. The average molecular weight is 886 g/mol. The first kappa shape index (κ1) is 57.9. The van der Waals surface area contributed by atoms with Crippen LogP contribution in [0.25, 0.3) is 0 Å². The fraction of sp³-hybridized carbons (Fsp3) is 0.795. The van der Waals surface area contributed by atoms with Crippen molar-refractivity contribution in [2.24, 2.45) is 0 Å². The summed E-state index contributed by atoms with van der Waals surface area (Å²) in [6.45, 7) is 7.13. The van der Waals surface area contributed by atoms with Crippen molar-refractivity contribution < 1.29 is 62.7 Å². The molecule has 0 fully saturated rings. The van der Waals surface area contributed by atoms with Crippen molar-refractivity contribution in [3.63, 3.8) is 0 Å². The Morgan fingerprint density at radius 2 is 0.935 bits per heavy atom. The minimum absolute atomic E-state index is 0.0274. The molecule has 18 heteroatoms. The number of rotatable bonds is 46. The predicted molar refractivity (Wildman–Crippen MR) is 234 cm³/mol. The zero-order valence-corrected chi connectivity index (χ0v) is 37.5. The number of hydrogen-bond acceptors (Lipinski definition) is 12. The molecular formula is C44H79N5O13. The van der Waals surface area contributed by atoms with E-state index in [1.54, 1.807) is 0 Å². The number of unbranched alkanes of at least 4 members (excludes halogenated alkanes) is 14. The molecule has 2 atom stereocenters. The normalized spacial score (nSPS) is 11.9. The van der Waals surface area contributed by atoms with Crippen LogP contribution in [0.4, 0.5) is 0 Å². The Balaban J connectivity index is 3.66. The Labute approximate surface area is 369 Å². The number of hydrogen-bond donors (Lipinski definition) is 7. The molecule has 0 aliphatic rings. The van der Waals surface area contributed by atoms with Gasteiger partial charge in [0.2, 0.25) is 23.6 Å². The molecule has 0 aliphatic carbocycles. The van der Waals surface area contributed by atoms with Gasteiger partial charge in [0, 0.05) is 38.9 Å². The highest BCUT2D eigenvalue weighted by Crippen LogP contribution is 2.14. The third kappa shape index (κ3) is 40.0. The largest absolute Gasteiger partial charge is 0.481 e. The second-order valence-corrected chi connectivity index (χ2v) is 15.3. The van der Waals surface area contributed by atoms with Gasteiger partial charge in [-0.3, -0.25) is 28.8 Å². The molecule has 0 heterocycles. The number of ketones is 1. The highest BCUT2D eigenvalue weighted by atomic mass is 16.5. The first-order valence-corrected chi connectivity index (χ1v) is 22.7. The second-order valence-electron chi connectivity index (χ2n) is 15.3. The van der Waals surface area contributed by atoms with E-state index < -0.39 is 18.0 Å². The summed E-state index contributed by atoms with van der Waals surface area (Å²) in [5.74, 6) is -3.09. The van der Waals surface area contributed by atoms with Gasteiger partial charge in [-0.15, -0.1) is 0 Å². The lowest BCUT2D eigenvalue weighted by atomic mass is 10.0. The molecule has 0 bridgehead atoms. The average Bonchev–Trinajstić information content (AvgIpc) is 3.23. The Morgan fingerprint density at radius 3 is 1.40 bits per heavy atom. The van der Waals surface area contributed by atoms with Gasteiger partial charge in [-0.1, -0.05) is 83.6 Å². The molecule has 358 valence electrons. The van der Waals surface area contributed by atoms with Crippen molar-refractivity contribution in [3.05, 3.63) is 12.8 Å². The minimum Gasteiger partial charge on any atom is -0.481 e. The van der Waals surface area contributed by atoms with Crippen LogP contribution in [0, 0.1) is 0 Å². The molecule has 7 N–H and O–H groups in total. The number of carboxylic acids is 2. The second kappa shape index (κ2) is 42.2. The van der Waals surface area contributed by atoms with Gasteiger partial charge in [0.15, 0.2) is 5.78 Å². The van der Waals surface area contributed by atoms with Gasteiger partial charge in [-0.2, -0.15) is 0 Å². The van der Waals surface area contributed by atoms with E-state index in [-0.39, 0.29) is 127 Å². The van der Waals surface area contributed by atoms with Gasteiger partial charge < -0.3 is 55.7 Å². The summed E-state index contributed by atoms with van der Waals surface area (Å²) in [7, 11) is 0. The smallest absolute Gasteiger partial charge is 0.326 e. The van der Waals surface area contributed by atoms with E-state index in [9.17, 15) is 38.7 Å².